The van der Waals surface area contributed by atoms with Crippen LogP contribution in [0.3, 0.4) is 0 Å². The molecule has 1 aliphatic rings. The molecule has 1 aliphatic heterocycles. The highest BCUT2D eigenvalue weighted by Gasteiger charge is 2.31. The van der Waals surface area contributed by atoms with Gasteiger partial charge in [0.15, 0.2) is 0 Å². The smallest absolute Gasteiger partial charge is 0.227 e. The fourth-order valence-corrected chi connectivity index (χ4v) is 3.21. The molecule has 2 atom stereocenters. The van der Waals surface area contributed by atoms with E-state index in [1.807, 2.05) is 4.90 Å². The zero-order valence-corrected chi connectivity index (χ0v) is 14.6. The van der Waals surface area contributed by atoms with Gasteiger partial charge in [0.25, 0.3) is 0 Å². The number of nitrogens with zero attached hydrogens (tertiary/aromatic N) is 3. The third-order valence-electron chi connectivity index (χ3n) is 4.53. The van der Waals surface area contributed by atoms with Gasteiger partial charge in [0, 0.05) is 38.3 Å². The summed E-state index contributed by atoms with van der Waals surface area (Å²) in [6.07, 6.45) is 0.345. The van der Waals surface area contributed by atoms with Crippen molar-refractivity contribution in [2.75, 3.05) is 40.3 Å². The molecule has 5 heteroatoms. The van der Waals surface area contributed by atoms with Crippen molar-refractivity contribution in [1.82, 2.24) is 14.7 Å². The van der Waals surface area contributed by atoms with Crippen LogP contribution in [0.4, 0.5) is 4.39 Å². The lowest BCUT2D eigenvalue weighted by molar-refractivity contribution is -0.134. The number of rotatable bonds is 5. The summed E-state index contributed by atoms with van der Waals surface area (Å²) in [7, 11) is 4.16. The van der Waals surface area contributed by atoms with Crippen molar-refractivity contribution < 1.29 is 9.18 Å². The van der Waals surface area contributed by atoms with Crippen LogP contribution in [-0.4, -0.2) is 73.0 Å². The van der Waals surface area contributed by atoms with E-state index in [-0.39, 0.29) is 11.7 Å². The fraction of sp³-hybridized carbons (Fsp3) is 0.611. The van der Waals surface area contributed by atoms with Gasteiger partial charge in [-0.3, -0.25) is 9.69 Å². The van der Waals surface area contributed by atoms with Gasteiger partial charge in [0.2, 0.25) is 5.91 Å². The van der Waals surface area contributed by atoms with Gasteiger partial charge in [-0.25, -0.2) is 4.39 Å². The molecule has 1 fully saturated rings. The topological polar surface area (TPSA) is 26.8 Å². The number of carbonyl (C=O) groups is 1. The highest BCUT2D eigenvalue weighted by atomic mass is 19.1. The number of halogens is 1. The molecule has 23 heavy (non-hydrogen) atoms. The van der Waals surface area contributed by atoms with Gasteiger partial charge in [-0.2, -0.15) is 0 Å². The Labute approximate surface area is 138 Å². The van der Waals surface area contributed by atoms with Gasteiger partial charge >= 0.3 is 0 Å². The molecule has 2 unspecified atom stereocenters. The largest absolute Gasteiger partial charge is 0.339 e. The van der Waals surface area contributed by atoms with E-state index in [1.54, 1.807) is 12.1 Å². The second kappa shape index (κ2) is 7.88. The highest BCUT2D eigenvalue weighted by molar-refractivity contribution is 5.79. The van der Waals surface area contributed by atoms with E-state index >= 15 is 0 Å². The first-order valence-corrected chi connectivity index (χ1v) is 8.29. The average Bonchev–Trinajstić information content (AvgIpc) is 2.48. The van der Waals surface area contributed by atoms with Crippen LogP contribution in [0.2, 0.25) is 0 Å². The zero-order valence-electron chi connectivity index (χ0n) is 14.6. The molecular weight excluding hydrogens is 293 g/mol. The zero-order chi connectivity index (χ0) is 17.0. The van der Waals surface area contributed by atoms with Crippen molar-refractivity contribution in [1.29, 1.82) is 0 Å². The van der Waals surface area contributed by atoms with E-state index in [1.165, 1.54) is 12.1 Å². The summed E-state index contributed by atoms with van der Waals surface area (Å²) in [5.74, 6) is -0.138. The Morgan fingerprint density at radius 1 is 1.17 bits per heavy atom. The van der Waals surface area contributed by atoms with E-state index in [4.69, 9.17) is 0 Å². The molecule has 2 rings (SSSR count). The monoisotopic (exact) mass is 321 g/mol. The first-order chi connectivity index (χ1) is 10.9. The summed E-state index contributed by atoms with van der Waals surface area (Å²) in [6.45, 7) is 7.94. The van der Waals surface area contributed by atoms with Crippen molar-refractivity contribution >= 4 is 5.91 Å². The Kier molecular flexibility index (Phi) is 6.13. The van der Waals surface area contributed by atoms with E-state index in [9.17, 15) is 9.18 Å². The lowest BCUT2D eigenvalue weighted by atomic mass is 10.1. The Hall–Kier alpha value is -1.46. The van der Waals surface area contributed by atoms with Crippen molar-refractivity contribution in [2.24, 2.45) is 0 Å². The summed E-state index contributed by atoms with van der Waals surface area (Å²) in [4.78, 5) is 19.1. The third-order valence-corrected chi connectivity index (χ3v) is 4.53. The van der Waals surface area contributed by atoms with Crippen LogP contribution in [0.5, 0.6) is 0 Å². The molecule has 1 saturated heterocycles. The SMILES string of the molecule is CC1CN(C(=O)Cc2ccc(F)cc2)CC(C)N1CCN(C)C. The summed E-state index contributed by atoms with van der Waals surface area (Å²) in [5, 5.41) is 0. The minimum absolute atomic E-state index is 0.127. The fourth-order valence-electron chi connectivity index (χ4n) is 3.21. The molecule has 1 aromatic rings. The van der Waals surface area contributed by atoms with Crippen LogP contribution >= 0.6 is 0 Å². The normalized spacial score (nSPS) is 22.6. The number of amides is 1. The van der Waals surface area contributed by atoms with Crippen LogP contribution in [0.15, 0.2) is 24.3 Å². The van der Waals surface area contributed by atoms with Crippen LogP contribution < -0.4 is 0 Å². The van der Waals surface area contributed by atoms with Crippen molar-refractivity contribution in [2.45, 2.75) is 32.4 Å². The number of hydrogen-bond donors (Lipinski definition) is 0. The Balaban J connectivity index is 1.92. The van der Waals surface area contributed by atoms with Gasteiger partial charge in [-0.05, 0) is 45.6 Å². The number of carbonyl (C=O) groups excluding carboxylic acids is 1. The Morgan fingerprint density at radius 3 is 2.26 bits per heavy atom. The van der Waals surface area contributed by atoms with E-state index < -0.39 is 0 Å². The van der Waals surface area contributed by atoms with E-state index in [2.05, 4.69) is 37.7 Å². The van der Waals surface area contributed by atoms with Crippen LogP contribution in [0.25, 0.3) is 0 Å². The molecule has 0 N–H and O–H groups in total. The minimum Gasteiger partial charge on any atom is -0.339 e. The molecule has 0 radical (unpaired) electrons. The van der Waals surface area contributed by atoms with Gasteiger partial charge in [-0.1, -0.05) is 12.1 Å². The van der Waals surface area contributed by atoms with Crippen LogP contribution in [0, 0.1) is 5.82 Å². The molecule has 4 nitrogen and oxygen atoms in total. The number of likely N-dealkylation sites (N-methyl/N-ethyl adjacent to an activating group) is 1. The molecule has 1 heterocycles. The van der Waals surface area contributed by atoms with Gasteiger partial charge in [0.05, 0.1) is 6.42 Å². The molecule has 1 aromatic carbocycles. The molecule has 0 aromatic heterocycles. The molecular formula is C18H28FN3O. The molecule has 0 aliphatic carbocycles. The van der Waals surface area contributed by atoms with Crippen molar-refractivity contribution in [3.05, 3.63) is 35.6 Å². The Morgan fingerprint density at radius 2 is 1.74 bits per heavy atom. The lowest BCUT2D eigenvalue weighted by Gasteiger charge is -2.44. The molecule has 0 bridgehead atoms. The number of hydrogen-bond acceptors (Lipinski definition) is 3. The second-order valence-electron chi connectivity index (χ2n) is 6.84. The maximum atomic E-state index is 12.9. The standard InChI is InChI=1S/C18H28FN3O/c1-14-12-21(13-15(2)22(14)10-9-20(3)4)18(23)11-16-5-7-17(19)8-6-16/h5-8,14-15H,9-13H2,1-4H3. The quantitative estimate of drug-likeness (QED) is 0.828. The Bertz CT molecular complexity index is 506. The predicted molar refractivity (Wildman–Crippen MR) is 90.9 cm³/mol. The minimum atomic E-state index is -0.266. The average molecular weight is 321 g/mol. The first-order valence-electron chi connectivity index (χ1n) is 8.29. The van der Waals surface area contributed by atoms with Gasteiger partial charge in [-0.15, -0.1) is 0 Å². The lowest BCUT2D eigenvalue weighted by Crippen LogP contribution is -2.59. The number of piperazine rings is 1. The second-order valence-corrected chi connectivity index (χ2v) is 6.84. The van der Waals surface area contributed by atoms with Crippen LogP contribution in [0.1, 0.15) is 19.4 Å². The van der Waals surface area contributed by atoms with E-state index in [0.29, 0.717) is 18.5 Å². The molecule has 0 saturated carbocycles. The summed E-state index contributed by atoms with van der Waals surface area (Å²) in [6, 6.07) is 6.91. The third kappa shape index (κ3) is 5.01. The first kappa shape index (κ1) is 17.9. The van der Waals surface area contributed by atoms with Gasteiger partial charge < -0.3 is 9.80 Å². The van der Waals surface area contributed by atoms with Crippen LogP contribution in [-0.2, 0) is 11.2 Å². The highest BCUT2D eigenvalue weighted by Crippen LogP contribution is 2.17. The summed E-state index contributed by atoms with van der Waals surface area (Å²) >= 11 is 0. The maximum absolute atomic E-state index is 12.9. The summed E-state index contributed by atoms with van der Waals surface area (Å²) in [5.41, 5.74) is 0.867. The molecule has 0 spiro atoms. The van der Waals surface area contributed by atoms with E-state index in [0.717, 1.165) is 31.7 Å². The predicted octanol–water partition coefficient (Wildman–Crippen LogP) is 1.85. The van der Waals surface area contributed by atoms with Crippen molar-refractivity contribution in [3.63, 3.8) is 0 Å². The van der Waals surface area contributed by atoms with Gasteiger partial charge in [0.1, 0.15) is 5.82 Å². The molecule has 1 amide bonds. The number of benzene rings is 1. The van der Waals surface area contributed by atoms with Crippen molar-refractivity contribution in [3.8, 4) is 0 Å². The maximum Gasteiger partial charge on any atom is 0.227 e. The summed E-state index contributed by atoms with van der Waals surface area (Å²) < 4.78 is 12.9. The molecule has 128 valence electrons.